The molecule has 6 heteroatoms. The van der Waals surface area contributed by atoms with Crippen molar-refractivity contribution >= 4 is 27.8 Å². The molecular formula is C14H22N2O3S. The molecule has 5 nitrogen and oxygen atoms in total. The van der Waals surface area contributed by atoms with Crippen LogP contribution < -0.4 is 15.8 Å². The number of hydrogen-bond acceptors (Lipinski definition) is 6. The molecule has 0 spiro atoms. The number of carbonyl (C=O) groups is 1. The van der Waals surface area contributed by atoms with Gasteiger partial charge >= 0.3 is 0 Å². The smallest absolute Gasteiger partial charge is 0.176 e. The number of thiophene rings is 1. The van der Waals surface area contributed by atoms with Crippen LogP contribution in [0, 0.1) is 5.92 Å². The number of carbonyl (C=O) groups excluding carboxylic acids is 1. The number of Topliss-reactive ketones (excluding diaryl/α,β-unsaturated/α-hetero) is 1. The highest BCUT2D eigenvalue weighted by Crippen LogP contribution is 2.43. The first kappa shape index (κ1) is 15.1. The molecule has 0 amide bonds. The highest BCUT2D eigenvalue weighted by molar-refractivity contribution is 7.19. The van der Waals surface area contributed by atoms with Gasteiger partial charge in [0.25, 0.3) is 0 Å². The van der Waals surface area contributed by atoms with E-state index >= 15 is 0 Å². The molecule has 2 atom stereocenters. The number of nitrogens with two attached hydrogens (primary N) is 1. The van der Waals surface area contributed by atoms with Crippen LogP contribution in [0.1, 0.15) is 36.4 Å². The van der Waals surface area contributed by atoms with E-state index < -0.39 is 0 Å². The maximum absolute atomic E-state index is 11.9. The summed E-state index contributed by atoms with van der Waals surface area (Å²) >= 11 is 1.38. The molecule has 1 fully saturated rings. The van der Waals surface area contributed by atoms with Crippen LogP contribution in [0.5, 0.6) is 5.75 Å². The first-order valence-corrected chi connectivity index (χ1v) is 7.75. The van der Waals surface area contributed by atoms with Crippen molar-refractivity contribution in [1.29, 1.82) is 0 Å². The van der Waals surface area contributed by atoms with Crippen LogP contribution in [-0.2, 0) is 4.74 Å². The largest absolute Gasteiger partial charge is 0.492 e. The normalized spacial score (nSPS) is 21.9. The summed E-state index contributed by atoms with van der Waals surface area (Å²) in [5.74, 6) is 1.11. The summed E-state index contributed by atoms with van der Waals surface area (Å²) in [6.07, 6.45) is 1.77. The average molecular weight is 298 g/mol. The van der Waals surface area contributed by atoms with Gasteiger partial charge < -0.3 is 20.5 Å². The van der Waals surface area contributed by atoms with Gasteiger partial charge in [0.1, 0.15) is 5.00 Å². The zero-order valence-corrected chi connectivity index (χ0v) is 13.0. The van der Waals surface area contributed by atoms with Crippen LogP contribution in [-0.4, -0.2) is 32.1 Å². The second-order valence-corrected chi connectivity index (χ2v) is 6.01. The SMILES string of the molecule is CCC(=O)c1sc(NCC2CCOC2C)c(OC)c1N. The van der Waals surface area contributed by atoms with Crippen molar-refractivity contribution in [3.8, 4) is 5.75 Å². The Hall–Kier alpha value is -1.27. The van der Waals surface area contributed by atoms with Crippen molar-refractivity contribution in [2.24, 2.45) is 5.92 Å². The van der Waals surface area contributed by atoms with Crippen molar-refractivity contribution in [2.75, 3.05) is 31.3 Å². The molecule has 3 N–H and O–H groups in total. The Morgan fingerprint density at radius 3 is 2.90 bits per heavy atom. The zero-order valence-electron chi connectivity index (χ0n) is 12.2. The molecule has 1 aliphatic rings. The van der Waals surface area contributed by atoms with E-state index in [1.54, 1.807) is 7.11 Å². The number of nitrogens with one attached hydrogen (secondary N) is 1. The summed E-state index contributed by atoms with van der Waals surface area (Å²) in [6, 6.07) is 0. The van der Waals surface area contributed by atoms with Crippen molar-refractivity contribution in [2.45, 2.75) is 32.8 Å². The van der Waals surface area contributed by atoms with E-state index in [4.69, 9.17) is 15.2 Å². The number of ether oxygens (including phenoxy) is 2. The number of nitrogen functional groups attached to an aromatic ring is 1. The third-order valence-corrected chi connectivity index (χ3v) is 4.92. The van der Waals surface area contributed by atoms with Crippen molar-refractivity contribution < 1.29 is 14.3 Å². The molecule has 1 aromatic rings. The van der Waals surface area contributed by atoms with E-state index in [0.717, 1.165) is 24.6 Å². The lowest BCUT2D eigenvalue weighted by atomic mass is 10.0. The van der Waals surface area contributed by atoms with Crippen molar-refractivity contribution in [3.63, 3.8) is 0 Å². The van der Waals surface area contributed by atoms with E-state index in [1.165, 1.54) is 11.3 Å². The van der Waals surface area contributed by atoms with Gasteiger partial charge in [0.05, 0.1) is 23.8 Å². The Bertz CT molecular complexity index is 487. The van der Waals surface area contributed by atoms with Crippen LogP contribution in [0.3, 0.4) is 0 Å². The minimum Gasteiger partial charge on any atom is -0.492 e. The molecule has 0 aliphatic carbocycles. The molecule has 2 unspecified atom stereocenters. The second kappa shape index (κ2) is 6.45. The van der Waals surface area contributed by atoms with Gasteiger partial charge in [-0.05, 0) is 13.3 Å². The summed E-state index contributed by atoms with van der Waals surface area (Å²) in [6.45, 7) is 5.54. The fourth-order valence-corrected chi connectivity index (χ4v) is 3.49. The number of anilines is 2. The first-order chi connectivity index (χ1) is 9.58. The van der Waals surface area contributed by atoms with E-state index in [1.807, 2.05) is 6.92 Å². The number of hydrogen-bond donors (Lipinski definition) is 2. The minimum absolute atomic E-state index is 0.0522. The topological polar surface area (TPSA) is 73.6 Å². The molecular weight excluding hydrogens is 276 g/mol. The third-order valence-electron chi connectivity index (χ3n) is 3.74. The van der Waals surface area contributed by atoms with Crippen LogP contribution in [0.15, 0.2) is 0 Å². The summed E-state index contributed by atoms with van der Waals surface area (Å²) in [4.78, 5) is 12.4. The van der Waals surface area contributed by atoms with Gasteiger partial charge in [0, 0.05) is 25.5 Å². The van der Waals surface area contributed by atoms with E-state index in [-0.39, 0.29) is 11.9 Å². The zero-order chi connectivity index (χ0) is 14.7. The number of rotatable bonds is 6. The second-order valence-electron chi connectivity index (χ2n) is 4.99. The van der Waals surface area contributed by atoms with Gasteiger partial charge in [-0.3, -0.25) is 4.79 Å². The van der Waals surface area contributed by atoms with Gasteiger partial charge in [0.15, 0.2) is 11.5 Å². The fourth-order valence-electron chi connectivity index (χ4n) is 2.38. The van der Waals surface area contributed by atoms with Gasteiger partial charge in [-0.1, -0.05) is 6.92 Å². The molecule has 0 aromatic carbocycles. The highest BCUT2D eigenvalue weighted by atomic mass is 32.1. The fraction of sp³-hybridized carbons (Fsp3) is 0.643. The lowest BCUT2D eigenvalue weighted by Crippen LogP contribution is -2.20. The summed E-state index contributed by atoms with van der Waals surface area (Å²) in [7, 11) is 1.57. The van der Waals surface area contributed by atoms with E-state index in [0.29, 0.717) is 28.7 Å². The monoisotopic (exact) mass is 298 g/mol. The molecule has 2 heterocycles. The van der Waals surface area contributed by atoms with Gasteiger partial charge in [-0.25, -0.2) is 0 Å². The molecule has 1 aromatic heterocycles. The molecule has 1 saturated heterocycles. The first-order valence-electron chi connectivity index (χ1n) is 6.93. The van der Waals surface area contributed by atoms with Crippen molar-refractivity contribution in [3.05, 3.63) is 4.88 Å². The standard InChI is InChI=1S/C14H22N2O3S/c1-4-10(17)13-11(15)12(18-3)14(20-13)16-7-9-5-6-19-8(9)2/h8-9,16H,4-7,15H2,1-3H3. The molecule has 0 radical (unpaired) electrons. The summed E-state index contributed by atoms with van der Waals surface area (Å²) < 4.78 is 10.9. The Kier molecular flexibility index (Phi) is 4.88. The van der Waals surface area contributed by atoms with Crippen LogP contribution >= 0.6 is 11.3 Å². The molecule has 20 heavy (non-hydrogen) atoms. The predicted octanol–water partition coefficient (Wildman–Crippen LogP) is 2.77. The molecule has 112 valence electrons. The van der Waals surface area contributed by atoms with Gasteiger partial charge in [-0.15, -0.1) is 11.3 Å². The van der Waals surface area contributed by atoms with Gasteiger partial charge in [0.2, 0.25) is 0 Å². The Morgan fingerprint density at radius 2 is 2.35 bits per heavy atom. The quantitative estimate of drug-likeness (QED) is 0.790. The molecule has 1 aliphatic heterocycles. The summed E-state index contributed by atoms with van der Waals surface area (Å²) in [5, 5.41) is 4.19. The maximum Gasteiger partial charge on any atom is 0.176 e. The summed E-state index contributed by atoms with van der Waals surface area (Å²) in [5.41, 5.74) is 6.45. The minimum atomic E-state index is 0.0522. The molecule has 2 rings (SSSR count). The highest BCUT2D eigenvalue weighted by Gasteiger charge is 2.26. The lowest BCUT2D eigenvalue weighted by Gasteiger charge is -2.15. The van der Waals surface area contributed by atoms with Gasteiger partial charge in [-0.2, -0.15) is 0 Å². The Balaban J connectivity index is 2.12. The number of methoxy groups -OCH3 is 1. The Morgan fingerprint density at radius 1 is 1.60 bits per heavy atom. The van der Waals surface area contributed by atoms with E-state index in [9.17, 15) is 4.79 Å². The number of ketones is 1. The van der Waals surface area contributed by atoms with Crippen molar-refractivity contribution in [1.82, 2.24) is 0 Å². The predicted molar refractivity (Wildman–Crippen MR) is 81.9 cm³/mol. The molecule has 0 saturated carbocycles. The Labute approximate surface area is 123 Å². The van der Waals surface area contributed by atoms with Crippen LogP contribution in [0.2, 0.25) is 0 Å². The average Bonchev–Trinajstić information content (AvgIpc) is 2.99. The maximum atomic E-state index is 11.9. The van der Waals surface area contributed by atoms with Crippen LogP contribution in [0.4, 0.5) is 10.7 Å². The molecule has 0 bridgehead atoms. The van der Waals surface area contributed by atoms with E-state index in [2.05, 4.69) is 12.2 Å². The van der Waals surface area contributed by atoms with Crippen LogP contribution in [0.25, 0.3) is 0 Å². The third kappa shape index (κ3) is 2.91. The lowest BCUT2D eigenvalue weighted by molar-refractivity contribution is 0.0992.